The molecule has 1 aliphatic rings. The molecule has 0 radical (unpaired) electrons. The van der Waals surface area contributed by atoms with E-state index >= 15 is 0 Å². The Morgan fingerprint density at radius 1 is 1.15 bits per heavy atom. The van der Waals surface area contributed by atoms with Crippen molar-refractivity contribution < 1.29 is 21.6 Å². The van der Waals surface area contributed by atoms with Crippen LogP contribution in [-0.4, -0.2) is 30.4 Å². The van der Waals surface area contributed by atoms with E-state index in [1.165, 1.54) is 28.3 Å². The number of nitrogens with zero attached hydrogens (tertiary/aromatic N) is 2. The number of rotatable bonds is 8. The van der Waals surface area contributed by atoms with Gasteiger partial charge in [-0.15, -0.1) is 11.3 Å². The first-order chi connectivity index (χ1) is 15.6. The third kappa shape index (κ3) is 5.07. The molecule has 33 heavy (non-hydrogen) atoms. The Morgan fingerprint density at radius 3 is 2.45 bits per heavy atom. The molecule has 3 aromatic rings. The maximum Gasteiger partial charge on any atom is 0.189 e. The lowest BCUT2D eigenvalue weighted by Crippen LogP contribution is -2.55. The number of thiazole rings is 1. The predicted octanol–water partition coefficient (Wildman–Crippen LogP) is 5.13. The van der Waals surface area contributed by atoms with Crippen LogP contribution in [0.3, 0.4) is 0 Å². The molecular formula is C23H24F3N3O2S2. The average Bonchev–Trinajstić information content (AvgIpc) is 3.22. The van der Waals surface area contributed by atoms with Crippen molar-refractivity contribution in [3.05, 3.63) is 75.5 Å². The molecule has 2 aromatic carbocycles. The van der Waals surface area contributed by atoms with E-state index in [2.05, 4.69) is 29.0 Å². The molecule has 2 heterocycles. The zero-order valence-corrected chi connectivity index (χ0v) is 19.9. The van der Waals surface area contributed by atoms with Gasteiger partial charge in [0.15, 0.2) is 9.84 Å². The molecule has 1 aliphatic heterocycles. The van der Waals surface area contributed by atoms with Gasteiger partial charge in [-0.1, -0.05) is 12.1 Å². The highest BCUT2D eigenvalue weighted by Crippen LogP contribution is 2.33. The summed E-state index contributed by atoms with van der Waals surface area (Å²) >= 11 is 1.20. The molecule has 0 spiro atoms. The summed E-state index contributed by atoms with van der Waals surface area (Å²) in [7, 11) is -4.25. The number of sulfone groups is 1. The van der Waals surface area contributed by atoms with Gasteiger partial charge in [-0.25, -0.2) is 26.6 Å². The molecule has 0 aliphatic carbocycles. The number of nitrogens with one attached hydrogen (secondary N) is 1. The molecule has 176 valence electrons. The van der Waals surface area contributed by atoms with Crippen molar-refractivity contribution in [3.8, 4) is 0 Å². The Morgan fingerprint density at radius 2 is 1.88 bits per heavy atom. The molecule has 10 heteroatoms. The fraction of sp³-hybridized carbons (Fsp3) is 0.348. The van der Waals surface area contributed by atoms with Gasteiger partial charge in [0.1, 0.15) is 22.3 Å². The van der Waals surface area contributed by atoms with Crippen molar-refractivity contribution in [2.24, 2.45) is 0 Å². The average molecular weight is 496 g/mol. The predicted molar refractivity (Wildman–Crippen MR) is 122 cm³/mol. The topological polar surface area (TPSA) is 62.3 Å². The quantitative estimate of drug-likeness (QED) is 0.469. The van der Waals surface area contributed by atoms with Crippen LogP contribution >= 0.6 is 11.3 Å². The molecule has 0 amide bonds. The van der Waals surface area contributed by atoms with Gasteiger partial charge in [0.2, 0.25) is 0 Å². The summed E-state index contributed by atoms with van der Waals surface area (Å²) in [6, 6.07) is 6.62. The van der Waals surface area contributed by atoms with Gasteiger partial charge in [-0.05, 0) is 44.0 Å². The third-order valence-corrected chi connectivity index (χ3v) is 8.35. The van der Waals surface area contributed by atoms with Gasteiger partial charge in [-0.3, -0.25) is 4.90 Å². The first-order valence-corrected chi connectivity index (χ1v) is 13.0. The number of likely N-dealkylation sites (tertiary alicyclic amines) is 1. The summed E-state index contributed by atoms with van der Waals surface area (Å²) in [5.74, 6) is -3.29. The minimum atomic E-state index is -4.25. The van der Waals surface area contributed by atoms with E-state index in [9.17, 15) is 21.6 Å². The van der Waals surface area contributed by atoms with E-state index in [0.29, 0.717) is 17.7 Å². The monoisotopic (exact) mass is 495 g/mol. The van der Waals surface area contributed by atoms with Crippen molar-refractivity contribution in [2.45, 2.75) is 49.5 Å². The van der Waals surface area contributed by atoms with Crippen molar-refractivity contribution in [3.63, 3.8) is 0 Å². The van der Waals surface area contributed by atoms with Crippen molar-refractivity contribution >= 4 is 26.9 Å². The van der Waals surface area contributed by atoms with E-state index < -0.39 is 32.1 Å². The fourth-order valence-corrected chi connectivity index (χ4v) is 5.95. The minimum Gasteiger partial charge on any atom is -0.381 e. The molecule has 5 nitrogen and oxygen atoms in total. The first kappa shape index (κ1) is 23.7. The Kier molecular flexibility index (Phi) is 6.52. The second-order valence-electron chi connectivity index (χ2n) is 8.72. The van der Waals surface area contributed by atoms with Crippen molar-refractivity contribution in [1.29, 1.82) is 0 Å². The van der Waals surface area contributed by atoms with E-state index in [1.807, 2.05) is 0 Å². The zero-order chi connectivity index (χ0) is 23.8. The lowest BCUT2D eigenvalue weighted by molar-refractivity contribution is 0.00687. The van der Waals surface area contributed by atoms with Gasteiger partial charge in [0, 0.05) is 41.8 Å². The summed E-state index contributed by atoms with van der Waals surface area (Å²) in [4.78, 5) is 5.07. The van der Waals surface area contributed by atoms with Gasteiger partial charge < -0.3 is 5.32 Å². The molecule has 1 N–H and O–H groups in total. The van der Waals surface area contributed by atoms with Crippen LogP contribution < -0.4 is 5.32 Å². The highest BCUT2D eigenvalue weighted by molar-refractivity contribution is 7.90. The smallest absolute Gasteiger partial charge is 0.189 e. The molecule has 4 rings (SSSR count). The van der Waals surface area contributed by atoms with Gasteiger partial charge in [0.25, 0.3) is 0 Å². The summed E-state index contributed by atoms with van der Waals surface area (Å²) in [5, 5.41) is 4.41. The van der Waals surface area contributed by atoms with Crippen LogP contribution in [0.25, 0.3) is 0 Å². The normalized spacial score (nSPS) is 15.9. The van der Waals surface area contributed by atoms with Crippen LogP contribution in [0.4, 0.5) is 18.9 Å². The maximum atomic E-state index is 14.7. The third-order valence-electron chi connectivity index (χ3n) is 6.03. The standard InChI is InChI=1S/C23H24F3N3O2S2/c1-23(2)6-7-29(23)11-18-15(4-3-5-19(18)24)10-27-16-8-20(25)22(21(26)9-16)33(30,31)13-17-12-32-14-28-17/h3-5,8-9,12,14,27H,6-7,10-11,13H2,1-2H3. The largest absolute Gasteiger partial charge is 0.381 e. The van der Waals surface area contributed by atoms with Crippen molar-refractivity contribution in [1.82, 2.24) is 9.88 Å². The highest BCUT2D eigenvalue weighted by Gasteiger charge is 2.36. The van der Waals surface area contributed by atoms with E-state index in [1.54, 1.807) is 12.1 Å². The van der Waals surface area contributed by atoms with Crippen LogP contribution in [0.1, 0.15) is 37.1 Å². The van der Waals surface area contributed by atoms with Gasteiger partial charge in [0.05, 0.1) is 17.0 Å². The SMILES string of the molecule is CC1(C)CCN1Cc1c(F)cccc1CNc1cc(F)c(S(=O)(=O)Cc2cscn2)c(F)c1. The van der Waals surface area contributed by atoms with Gasteiger partial charge >= 0.3 is 0 Å². The molecular weight excluding hydrogens is 471 g/mol. The van der Waals surface area contributed by atoms with Crippen LogP contribution in [0.2, 0.25) is 0 Å². The van der Waals surface area contributed by atoms with E-state index in [4.69, 9.17) is 0 Å². The minimum absolute atomic E-state index is 0.000891. The van der Waals surface area contributed by atoms with Gasteiger partial charge in [-0.2, -0.15) is 0 Å². The molecule has 1 saturated heterocycles. The number of anilines is 1. The highest BCUT2D eigenvalue weighted by atomic mass is 32.2. The second kappa shape index (κ2) is 9.08. The molecule has 0 unspecified atom stereocenters. The number of hydrogen-bond acceptors (Lipinski definition) is 6. The summed E-state index contributed by atoms with van der Waals surface area (Å²) in [6.07, 6.45) is 1.03. The lowest BCUT2D eigenvalue weighted by Gasteiger charge is -2.48. The molecule has 0 bridgehead atoms. The van der Waals surface area contributed by atoms with Crippen LogP contribution in [0.15, 0.2) is 46.1 Å². The Balaban J connectivity index is 1.52. The zero-order valence-electron chi connectivity index (χ0n) is 18.2. The Labute approximate surface area is 195 Å². The number of hydrogen-bond donors (Lipinski definition) is 1. The molecule has 0 saturated carbocycles. The Hall–Kier alpha value is -2.43. The fourth-order valence-electron chi connectivity index (χ4n) is 3.88. The van der Waals surface area contributed by atoms with E-state index in [0.717, 1.165) is 25.1 Å². The summed E-state index contributed by atoms with van der Waals surface area (Å²) in [5.41, 5.74) is 2.94. The van der Waals surface area contributed by atoms with Crippen molar-refractivity contribution in [2.75, 3.05) is 11.9 Å². The number of benzene rings is 2. The summed E-state index contributed by atoms with van der Waals surface area (Å²) < 4.78 is 69.0. The molecule has 0 atom stereocenters. The number of aromatic nitrogens is 1. The molecule has 1 fully saturated rings. The van der Waals surface area contributed by atoms with E-state index in [-0.39, 0.29) is 29.3 Å². The summed E-state index contributed by atoms with van der Waals surface area (Å²) in [6.45, 7) is 5.65. The van der Waals surface area contributed by atoms with Crippen LogP contribution in [0, 0.1) is 17.5 Å². The number of halogens is 3. The second-order valence-corrected chi connectivity index (χ2v) is 11.4. The first-order valence-electron chi connectivity index (χ1n) is 10.4. The van der Waals surface area contributed by atoms with Crippen LogP contribution in [0.5, 0.6) is 0 Å². The Bertz CT molecular complexity index is 1240. The lowest BCUT2D eigenvalue weighted by atomic mass is 9.88. The maximum absolute atomic E-state index is 14.7. The van der Waals surface area contributed by atoms with Crippen LogP contribution in [-0.2, 0) is 28.7 Å². The molecule has 1 aromatic heterocycles.